The second-order valence-corrected chi connectivity index (χ2v) is 9.74. The van der Waals surface area contributed by atoms with E-state index in [2.05, 4.69) is 4.72 Å². The van der Waals surface area contributed by atoms with E-state index in [4.69, 9.17) is 37.9 Å². The fourth-order valence-corrected chi connectivity index (χ4v) is 5.03. The highest BCUT2D eigenvalue weighted by Crippen LogP contribution is 2.42. The number of rotatable bonds is 13. The summed E-state index contributed by atoms with van der Waals surface area (Å²) < 4.78 is 72.8. The Morgan fingerprint density at radius 2 is 0.950 bits per heavy atom. The minimum Gasteiger partial charge on any atom is -0.493 e. The predicted molar refractivity (Wildman–Crippen MR) is 151 cm³/mol. The van der Waals surface area contributed by atoms with Crippen LogP contribution in [0.15, 0.2) is 41.3 Å². The van der Waals surface area contributed by atoms with Gasteiger partial charge in [-0.1, -0.05) is 12.2 Å². The van der Waals surface area contributed by atoms with Gasteiger partial charge >= 0.3 is 0 Å². The van der Waals surface area contributed by atoms with Gasteiger partial charge in [-0.3, -0.25) is 4.72 Å². The van der Waals surface area contributed by atoms with Crippen LogP contribution >= 0.6 is 0 Å². The zero-order valence-electron chi connectivity index (χ0n) is 23.6. The maximum absolute atomic E-state index is 13.5. The average molecular weight is 576 g/mol. The van der Waals surface area contributed by atoms with Crippen LogP contribution in [0.4, 0.5) is 5.69 Å². The first kappa shape index (κ1) is 30.1. The Morgan fingerprint density at radius 1 is 0.525 bits per heavy atom. The zero-order chi connectivity index (χ0) is 29.4. The molecule has 0 saturated carbocycles. The van der Waals surface area contributed by atoms with Crippen molar-refractivity contribution in [3.05, 3.63) is 47.5 Å². The highest BCUT2D eigenvalue weighted by molar-refractivity contribution is 7.92. The molecule has 0 spiro atoms. The highest BCUT2D eigenvalue weighted by Gasteiger charge is 2.23. The van der Waals surface area contributed by atoms with Crippen LogP contribution in [-0.4, -0.2) is 65.3 Å². The molecule has 11 nitrogen and oxygen atoms in total. The summed E-state index contributed by atoms with van der Waals surface area (Å²) in [5.41, 5.74) is 1.43. The Bertz CT molecular complexity index is 1430. The van der Waals surface area contributed by atoms with E-state index < -0.39 is 10.0 Å². The molecule has 0 aliphatic rings. The molecular weight excluding hydrogens is 542 g/mol. The average Bonchev–Trinajstić information content (AvgIpc) is 2.98. The van der Waals surface area contributed by atoms with Gasteiger partial charge in [-0.05, 0) is 23.8 Å². The van der Waals surface area contributed by atoms with Gasteiger partial charge in [-0.2, -0.15) is 0 Å². The first-order valence-corrected chi connectivity index (χ1v) is 13.2. The molecule has 0 aliphatic heterocycles. The van der Waals surface area contributed by atoms with Crippen molar-refractivity contribution in [3.63, 3.8) is 0 Å². The lowest BCUT2D eigenvalue weighted by atomic mass is 10.1. The van der Waals surface area contributed by atoms with E-state index in [1.165, 1.54) is 75.1 Å². The summed E-state index contributed by atoms with van der Waals surface area (Å²) in [4.78, 5) is -0.101. The van der Waals surface area contributed by atoms with E-state index in [0.29, 0.717) is 39.9 Å². The number of hydrogen-bond acceptors (Lipinski definition) is 10. The standard InChI is InChI=1S/C28H33NO10S/c1-32-21-13-18(10-9-17-11-23(34-3)27(38-7)24(12-17)35-4)20(16-22(21)33-2)29-40(30,31)19-14-25(36-5)28(39-8)26(15-19)37-6/h9-16,29H,1-8H3. The molecule has 0 aromatic heterocycles. The molecule has 0 radical (unpaired) electrons. The molecular formula is C28H33NO10S. The highest BCUT2D eigenvalue weighted by atomic mass is 32.2. The van der Waals surface area contributed by atoms with Crippen molar-refractivity contribution >= 4 is 27.9 Å². The molecule has 0 amide bonds. The Labute approximate surface area is 234 Å². The summed E-state index contributed by atoms with van der Waals surface area (Å²) >= 11 is 0. The summed E-state index contributed by atoms with van der Waals surface area (Å²) in [7, 11) is 7.62. The molecule has 3 aromatic carbocycles. The van der Waals surface area contributed by atoms with E-state index in [-0.39, 0.29) is 27.8 Å². The Hall–Kier alpha value is -4.45. The lowest BCUT2D eigenvalue weighted by molar-refractivity contribution is 0.323. The van der Waals surface area contributed by atoms with Crippen molar-refractivity contribution < 1.29 is 46.3 Å². The third-order valence-corrected chi connectivity index (χ3v) is 7.24. The largest absolute Gasteiger partial charge is 0.493 e. The quantitative estimate of drug-likeness (QED) is 0.287. The minimum atomic E-state index is -4.14. The molecule has 0 unspecified atom stereocenters. The van der Waals surface area contributed by atoms with Crippen molar-refractivity contribution in [2.24, 2.45) is 0 Å². The summed E-state index contributed by atoms with van der Waals surface area (Å²) in [6, 6.07) is 9.39. The summed E-state index contributed by atoms with van der Waals surface area (Å²) in [5.74, 6) is 2.78. The number of nitrogens with one attached hydrogen (secondary N) is 1. The van der Waals surface area contributed by atoms with Gasteiger partial charge in [-0.15, -0.1) is 0 Å². The Kier molecular flexibility index (Phi) is 9.83. The maximum Gasteiger partial charge on any atom is 0.262 e. The van der Waals surface area contributed by atoms with E-state index in [9.17, 15) is 8.42 Å². The molecule has 0 heterocycles. The maximum atomic E-state index is 13.5. The van der Waals surface area contributed by atoms with Gasteiger partial charge < -0.3 is 37.9 Å². The number of benzene rings is 3. The molecule has 0 bridgehead atoms. The van der Waals surface area contributed by atoms with Crippen LogP contribution < -0.4 is 42.6 Å². The van der Waals surface area contributed by atoms with Gasteiger partial charge in [0.15, 0.2) is 34.5 Å². The summed E-state index contributed by atoms with van der Waals surface area (Å²) in [6.07, 6.45) is 3.48. The number of methoxy groups -OCH3 is 8. The van der Waals surface area contributed by atoms with Crippen LogP contribution in [0.25, 0.3) is 12.2 Å². The number of ether oxygens (including phenoxy) is 8. The van der Waals surface area contributed by atoms with Crippen LogP contribution in [0.2, 0.25) is 0 Å². The fraction of sp³-hybridized carbons (Fsp3) is 0.286. The van der Waals surface area contributed by atoms with Crippen molar-refractivity contribution in [1.29, 1.82) is 0 Å². The van der Waals surface area contributed by atoms with Crippen LogP contribution in [0.5, 0.6) is 46.0 Å². The van der Waals surface area contributed by atoms with Crippen molar-refractivity contribution in [2.45, 2.75) is 4.90 Å². The zero-order valence-corrected chi connectivity index (χ0v) is 24.4. The van der Waals surface area contributed by atoms with Gasteiger partial charge in [0.2, 0.25) is 11.5 Å². The molecule has 12 heteroatoms. The van der Waals surface area contributed by atoms with Gasteiger partial charge in [0.25, 0.3) is 10.0 Å². The number of anilines is 1. The normalized spacial score (nSPS) is 11.1. The third kappa shape index (κ3) is 6.23. The number of hydrogen-bond donors (Lipinski definition) is 1. The first-order valence-electron chi connectivity index (χ1n) is 11.8. The predicted octanol–water partition coefficient (Wildman–Crippen LogP) is 4.73. The van der Waals surface area contributed by atoms with Crippen LogP contribution in [-0.2, 0) is 10.0 Å². The van der Waals surface area contributed by atoms with Crippen molar-refractivity contribution in [3.8, 4) is 46.0 Å². The van der Waals surface area contributed by atoms with E-state index >= 15 is 0 Å². The van der Waals surface area contributed by atoms with E-state index in [1.807, 2.05) is 0 Å². The molecule has 0 atom stereocenters. The smallest absolute Gasteiger partial charge is 0.262 e. The molecule has 0 aliphatic carbocycles. The Morgan fingerprint density at radius 3 is 1.38 bits per heavy atom. The molecule has 0 saturated heterocycles. The topological polar surface area (TPSA) is 120 Å². The fourth-order valence-electron chi connectivity index (χ4n) is 3.92. The van der Waals surface area contributed by atoms with Gasteiger partial charge in [-0.25, -0.2) is 8.42 Å². The lowest BCUT2D eigenvalue weighted by Gasteiger charge is -2.17. The monoisotopic (exact) mass is 575 g/mol. The third-order valence-electron chi connectivity index (χ3n) is 5.89. The molecule has 3 rings (SSSR count). The second-order valence-electron chi connectivity index (χ2n) is 8.05. The van der Waals surface area contributed by atoms with Crippen LogP contribution in [0.1, 0.15) is 11.1 Å². The molecule has 3 aromatic rings. The molecule has 40 heavy (non-hydrogen) atoms. The van der Waals surface area contributed by atoms with Gasteiger partial charge in [0, 0.05) is 23.8 Å². The Balaban J connectivity index is 2.13. The van der Waals surface area contributed by atoms with Crippen molar-refractivity contribution in [1.82, 2.24) is 0 Å². The second kappa shape index (κ2) is 13.1. The SMILES string of the molecule is COc1cc(C=Cc2cc(OC)c(OC)c(OC)c2)c(NS(=O)(=O)c2cc(OC)c(OC)c(OC)c2)cc1OC. The first-order chi connectivity index (χ1) is 19.2. The van der Waals surface area contributed by atoms with Gasteiger partial charge in [0.1, 0.15) is 0 Å². The molecule has 1 N–H and O–H groups in total. The van der Waals surface area contributed by atoms with Crippen LogP contribution in [0, 0.1) is 0 Å². The molecule has 216 valence electrons. The lowest BCUT2D eigenvalue weighted by Crippen LogP contribution is -2.14. The van der Waals surface area contributed by atoms with Gasteiger partial charge in [0.05, 0.1) is 67.5 Å². The summed E-state index contributed by atoms with van der Waals surface area (Å²) in [5, 5.41) is 0. The number of sulfonamides is 1. The van der Waals surface area contributed by atoms with Crippen LogP contribution in [0.3, 0.4) is 0 Å². The molecule has 0 fully saturated rings. The van der Waals surface area contributed by atoms with E-state index in [0.717, 1.165) is 0 Å². The van der Waals surface area contributed by atoms with E-state index in [1.54, 1.807) is 30.4 Å². The summed E-state index contributed by atoms with van der Waals surface area (Å²) in [6.45, 7) is 0. The minimum absolute atomic E-state index is 0.101. The van der Waals surface area contributed by atoms with Crippen molar-refractivity contribution in [2.75, 3.05) is 61.6 Å².